The number of nitrogens with zero attached hydrogens (tertiary/aromatic N) is 3. The average Bonchev–Trinajstić information content (AvgIpc) is 3.14. The third-order valence-corrected chi connectivity index (χ3v) is 7.83. The van der Waals surface area contributed by atoms with Gasteiger partial charge in [0.15, 0.2) is 4.34 Å². The van der Waals surface area contributed by atoms with Crippen molar-refractivity contribution >= 4 is 45.3 Å². The molecule has 26 heavy (non-hydrogen) atoms. The summed E-state index contributed by atoms with van der Waals surface area (Å²) < 4.78 is 0.789. The zero-order chi connectivity index (χ0) is 18.9. The van der Waals surface area contributed by atoms with Gasteiger partial charge in [-0.05, 0) is 43.1 Å². The van der Waals surface area contributed by atoms with Gasteiger partial charge in [0.05, 0.1) is 11.3 Å². The van der Waals surface area contributed by atoms with Crippen LogP contribution in [0.5, 0.6) is 0 Å². The van der Waals surface area contributed by atoms with E-state index in [0.717, 1.165) is 34.2 Å². The molecule has 0 aromatic carbocycles. The molecule has 5 nitrogen and oxygen atoms in total. The number of anilines is 1. The largest absolute Gasteiger partial charge is 0.316 e. The Balaban J connectivity index is 1.70. The van der Waals surface area contributed by atoms with Crippen LogP contribution in [0.1, 0.15) is 48.2 Å². The van der Waals surface area contributed by atoms with Gasteiger partial charge in [0.2, 0.25) is 5.91 Å². The third-order valence-electron chi connectivity index (χ3n) is 4.69. The summed E-state index contributed by atoms with van der Waals surface area (Å²) in [5, 5.41) is 22.1. The summed E-state index contributed by atoms with van der Waals surface area (Å²) in [6.07, 6.45) is 3.01. The number of carbonyl (C=O) groups is 1. The van der Waals surface area contributed by atoms with E-state index in [0.29, 0.717) is 16.5 Å². The second kappa shape index (κ2) is 7.67. The van der Waals surface area contributed by atoms with Crippen LogP contribution in [0.15, 0.2) is 4.34 Å². The van der Waals surface area contributed by atoms with Crippen LogP contribution in [-0.2, 0) is 17.6 Å². The summed E-state index contributed by atoms with van der Waals surface area (Å²) >= 11 is 4.43. The molecule has 1 N–H and O–H groups in total. The van der Waals surface area contributed by atoms with Crippen molar-refractivity contribution in [2.45, 2.75) is 51.3 Å². The van der Waals surface area contributed by atoms with E-state index in [1.54, 1.807) is 11.3 Å². The molecule has 0 spiro atoms. The van der Waals surface area contributed by atoms with Crippen molar-refractivity contribution in [2.75, 3.05) is 11.1 Å². The minimum Gasteiger partial charge on any atom is -0.316 e. The molecule has 1 amide bonds. The van der Waals surface area contributed by atoms with Gasteiger partial charge in [0.1, 0.15) is 16.1 Å². The fraction of sp³-hybridized carbons (Fsp3) is 0.556. The first-order chi connectivity index (χ1) is 12.3. The van der Waals surface area contributed by atoms with Gasteiger partial charge >= 0.3 is 0 Å². The van der Waals surface area contributed by atoms with E-state index >= 15 is 0 Å². The molecule has 1 atom stereocenters. The summed E-state index contributed by atoms with van der Waals surface area (Å²) in [7, 11) is 0. The van der Waals surface area contributed by atoms with E-state index in [1.807, 2.05) is 6.92 Å². The maximum atomic E-state index is 12.3. The Morgan fingerprint density at radius 1 is 1.38 bits per heavy atom. The number of rotatable bonds is 4. The monoisotopic (exact) mass is 406 g/mol. The molecule has 0 bridgehead atoms. The number of hydrogen-bond acceptors (Lipinski definition) is 7. The van der Waals surface area contributed by atoms with Gasteiger partial charge in [-0.25, -0.2) is 0 Å². The van der Waals surface area contributed by atoms with Crippen LogP contribution >= 0.6 is 34.4 Å². The molecule has 2 heterocycles. The van der Waals surface area contributed by atoms with Crippen LogP contribution in [0.3, 0.4) is 0 Å². The maximum Gasteiger partial charge on any atom is 0.235 e. The number of aromatic nitrogens is 2. The number of amides is 1. The van der Waals surface area contributed by atoms with Gasteiger partial charge in [0.25, 0.3) is 0 Å². The normalized spacial score (nSPS) is 16.8. The molecule has 0 saturated heterocycles. The Hall–Kier alpha value is -1.43. The molecule has 0 radical (unpaired) electrons. The summed E-state index contributed by atoms with van der Waals surface area (Å²) in [5.41, 5.74) is 2.05. The fourth-order valence-corrected chi connectivity index (χ4v) is 6.07. The number of thioether (sulfide) groups is 1. The first-order valence-electron chi connectivity index (χ1n) is 8.55. The molecular formula is C18H22N4OS3. The molecule has 2 aromatic heterocycles. The lowest BCUT2D eigenvalue weighted by Gasteiger charge is -2.33. The van der Waals surface area contributed by atoms with Crippen LogP contribution < -0.4 is 5.32 Å². The smallest absolute Gasteiger partial charge is 0.235 e. The van der Waals surface area contributed by atoms with Crippen molar-refractivity contribution in [2.24, 2.45) is 11.3 Å². The van der Waals surface area contributed by atoms with Gasteiger partial charge in [0, 0.05) is 4.88 Å². The van der Waals surface area contributed by atoms with E-state index in [1.165, 1.54) is 28.0 Å². The van der Waals surface area contributed by atoms with Crippen molar-refractivity contribution in [3.05, 3.63) is 21.0 Å². The number of aryl methyl sites for hydroxylation is 1. The molecule has 1 unspecified atom stereocenters. The molecule has 0 saturated carbocycles. The Kier molecular flexibility index (Phi) is 5.70. The summed E-state index contributed by atoms with van der Waals surface area (Å²) in [5.74, 6) is 0.775. The fourth-order valence-electron chi connectivity index (χ4n) is 3.16. The minimum absolute atomic E-state index is 0.106. The van der Waals surface area contributed by atoms with Crippen molar-refractivity contribution in [1.29, 1.82) is 5.26 Å². The van der Waals surface area contributed by atoms with Crippen molar-refractivity contribution in [1.82, 2.24) is 10.2 Å². The standard InChI is InChI=1S/C18H22N4OS3/c1-10-21-22-17(25-10)24-9-15(23)20-16-13(8-19)12-6-5-11(18(2,3)4)7-14(12)26-16/h11H,5-7,9H2,1-4H3,(H,20,23). The Bertz CT molecular complexity index is 857. The predicted octanol–water partition coefficient (Wildman–Crippen LogP) is 4.66. The van der Waals surface area contributed by atoms with Crippen LogP contribution in [-0.4, -0.2) is 21.9 Å². The van der Waals surface area contributed by atoms with E-state index in [2.05, 4.69) is 42.4 Å². The summed E-state index contributed by atoms with van der Waals surface area (Å²) in [6, 6.07) is 2.31. The zero-order valence-corrected chi connectivity index (χ0v) is 17.8. The Morgan fingerprint density at radius 2 is 2.15 bits per heavy atom. The average molecular weight is 407 g/mol. The van der Waals surface area contributed by atoms with Crippen molar-refractivity contribution < 1.29 is 4.79 Å². The first kappa shape index (κ1) is 19.3. The minimum atomic E-state index is -0.106. The first-order valence-corrected chi connectivity index (χ1v) is 11.2. The lowest BCUT2D eigenvalue weighted by atomic mass is 9.72. The van der Waals surface area contributed by atoms with Gasteiger partial charge in [-0.2, -0.15) is 5.26 Å². The Morgan fingerprint density at radius 3 is 2.77 bits per heavy atom. The predicted molar refractivity (Wildman–Crippen MR) is 108 cm³/mol. The van der Waals surface area contributed by atoms with Crippen molar-refractivity contribution in [3.63, 3.8) is 0 Å². The van der Waals surface area contributed by atoms with E-state index in [9.17, 15) is 10.1 Å². The lowest BCUT2D eigenvalue weighted by Crippen LogP contribution is -2.26. The molecular weight excluding hydrogens is 384 g/mol. The van der Waals surface area contributed by atoms with E-state index in [-0.39, 0.29) is 17.1 Å². The summed E-state index contributed by atoms with van der Waals surface area (Å²) in [4.78, 5) is 13.6. The Labute approximate surface area is 166 Å². The van der Waals surface area contributed by atoms with Crippen LogP contribution in [0.4, 0.5) is 5.00 Å². The molecule has 0 fully saturated rings. The van der Waals surface area contributed by atoms with Crippen LogP contribution in [0.25, 0.3) is 0 Å². The molecule has 138 valence electrons. The molecule has 2 aromatic rings. The number of carbonyl (C=O) groups excluding carboxylic acids is 1. The van der Waals surface area contributed by atoms with Crippen molar-refractivity contribution in [3.8, 4) is 6.07 Å². The van der Waals surface area contributed by atoms with E-state index in [4.69, 9.17) is 0 Å². The second-order valence-electron chi connectivity index (χ2n) is 7.55. The number of thiophene rings is 1. The SMILES string of the molecule is Cc1nnc(SCC(=O)Nc2sc3c(c2C#N)CCC(C(C)(C)C)C3)s1. The maximum absolute atomic E-state index is 12.3. The van der Waals surface area contributed by atoms with Gasteiger partial charge in [-0.1, -0.05) is 43.9 Å². The number of nitrogens with one attached hydrogen (secondary N) is 1. The lowest BCUT2D eigenvalue weighted by molar-refractivity contribution is -0.113. The molecule has 1 aliphatic carbocycles. The molecule has 0 aliphatic heterocycles. The van der Waals surface area contributed by atoms with E-state index < -0.39 is 0 Å². The second-order valence-corrected chi connectivity index (χ2v) is 11.1. The molecule has 3 rings (SSSR count). The third kappa shape index (κ3) is 4.27. The van der Waals surface area contributed by atoms with Crippen LogP contribution in [0, 0.1) is 29.6 Å². The highest BCUT2D eigenvalue weighted by molar-refractivity contribution is 8.01. The topological polar surface area (TPSA) is 78.7 Å². The van der Waals surface area contributed by atoms with Gasteiger partial charge in [-0.15, -0.1) is 21.5 Å². The highest BCUT2D eigenvalue weighted by Crippen LogP contribution is 2.44. The van der Waals surface area contributed by atoms with Gasteiger partial charge in [-0.3, -0.25) is 4.79 Å². The van der Waals surface area contributed by atoms with Crippen LogP contribution in [0.2, 0.25) is 0 Å². The number of nitriles is 1. The molecule has 1 aliphatic rings. The highest BCUT2D eigenvalue weighted by Gasteiger charge is 2.32. The quantitative estimate of drug-likeness (QED) is 0.747. The number of hydrogen-bond donors (Lipinski definition) is 1. The van der Waals surface area contributed by atoms with Gasteiger partial charge < -0.3 is 5.32 Å². The zero-order valence-electron chi connectivity index (χ0n) is 15.4. The number of fused-ring (bicyclic) bond motifs is 1. The summed E-state index contributed by atoms with van der Waals surface area (Å²) in [6.45, 7) is 8.71. The highest BCUT2D eigenvalue weighted by atomic mass is 32.2. The molecule has 8 heteroatoms.